The molecule has 3 aromatic carbocycles. The first-order valence-corrected chi connectivity index (χ1v) is 11.6. The molecule has 33 heavy (non-hydrogen) atoms. The summed E-state index contributed by atoms with van der Waals surface area (Å²) in [6, 6.07) is 21.1. The molecule has 0 saturated heterocycles. The Labute approximate surface area is 199 Å². The summed E-state index contributed by atoms with van der Waals surface area (Å²) in [6.45, 7) is 4.31. The molecule has 6 nitrogen and oxygen atoms in total. The predicted octanol–water partition coefficient (Wildman–Crippen LogP) is 6.41. The normalized spacial score (nSPS) is 11.2. The topological polar surface area (TPSA) is 73.0 Å². The number of fused-ring (bicyclic) bond motifs is 2. The summed E-state index contributed by atoms with van der Waals surface area (Å²) in [4.78, 5) is 12.7. The van der Waals surface area contributed by atoms with Crippen LogP contribution >= 0.6 is 23.4 Å². The second-order valence-corrected chi connectivity index (χ2v) is 8.74. The van der Waals surface area contributed by atoms with Crippen molar-refractivity contribution in [2.24, 2.45) is 0 Å². The largest absolute Gasteiger partial charge is 0.453 e. The first-order chi connectivity index (χ1) is 16.1. The fourth-order valence-corrected chi connectivity index (χ4v) is 4.57. The van der Waals surface area contributed by atoms with E-state index in [2.05, 4.69) is 22.1 Å². The number of anilines is 1. The molecule has 8 heteroatoms. The SMILES string of the molecule is C=CCn1c(SCC(=O)Nc2cccc3ccccc23)nnc1-c1cc2cc(Cl)ccc2o1. The Morgan fingerprint density at radius 2 is 1.94 bits per heavy atom. The van der Waals surface area contributed by atoms with Crippen molar-refractivity contribution in [3.05, 3.63) is 84.4 Å². The molecule has 0 radical (unpaired) electrons. The summed E-state index contributed by atoms with van der Waals surface area (Å²) < 4.78 is 7.83. The number of hydrogen-bond donors (Lipinski definition) is 1. The molecule has 0 unspecified atom stereocenters. The Balaban J connectivity index is 1.35. The maximum absolute atomic E-state index is 12.7. The third-order valence-corrected chi connectivity index (χ3v) is 6.33. The highest BCUT2D eigenvalue weighted by Gasteiger charge is 2.18. The van der Waals surface area contributed by atoms with Crippen LogP contribution in [-0.4, -0.2) is 26.4 Å². The van der Waals surface area contributed by atoms with Gasteiger partial charge in [0, 0.05) is 28.0 Å². The van der Waals surface area contributed by atoms with Crippen LogP contribution in [0.1, 0.15) is 0 Å². The van der Waals surface area contributed by atoms with Crippen LogP contribution in [-0.2, 0) is 11.3 Å². The Kier molecular flexibility index (Phi) is 5.90. The van der Waals surface area contributed by atoms with E-state index in [9.17, 15) is 4.79 Å². The Hall–Kier alpha value is -3.55. The zero-order valence-corrected chi connectivity index (χ0v) is 19.1. The molecule has 2 heterocycles. The van der Waals surface area contributed by atoms with Crippen LogP contribution in [0.25, 0.3) is 33.3 Å². The van der Waals surface area contributed by atoms with Crippen molar-refractivity contribution in [2.45, 2.75) is 11.7 Å². The van der Waals surface area contributed by atoms with E-state index < -0.39 is 0 Å². The average molecular weight is 475 g/mol. The molecular weight excluding hydrogens is 456 g/mol. The fourth-order valence-electron chi connectivity index (χ4n) is 3.65. The molecule has 0 aliphatic carbocycles. The molecule has 0 fully saturated rings. The predicted molar refractivity (Wildman–Crippen MR) is 134 cm³/mol. The van der Waals surface area contributed by atoms with E-state index in [1.165, 1.54) is 11.8 Å². The molecular formula is C25H19ClN4O2S. The van der Waals surface area contributed by atoms with Crippen molar-refractivity contribution in [2.75, 3.05) is 11.1 Å². The van der Waals surface area contributed by atoms with Gasteiger partial charge in [-0.2, -0.15) is 0 Å². The van der Waals surface area contributed by atoms with Gasteiger partial charge in [0.2, 0.25) is 11.7 Å². The van der Waals surface area contributed by atoms with Gasteiger partial charge < -0.3 is 9.73 Å². The smallest absolute Gasteiger partial charge is 0.234 e. The van der Waals surface area contributed by atoms with E-state index in [-0.39, 0.29) is 11.7 Å². The van der Waals surface area contributed by atoms with Gasteiger partial charge in [-0.15, -0.1) is 16.8 Å². The van der Waals surface area contributed by atoms with Crippen LogP contribution in [0.4, 0.5) is 5.69 Å². The van der Waals surface area contributed by atoms with Gasteiger partial charge in [-0.25, -0.2) is 0 Å². The summed E-state index contributed by atoms with van der Waals surface area (Å²) in [5.74, 6) is 1.21. The Morgan fingerprint density at radius 1 is 1.09 bits per heavy atom. The molecule has 5 rings (SSSR count). The van der Waals surface area contributed by atoms with E-state index in [1.54, 1.807) is 12.1 Å². The monoisotopic (exact) mass is 474 g/mol. The van der Waals surface area contributed by atoms with E-state index in [0.29, 0.717) is 33.9 Å². The van der Waals surface area contributed by atoms with Crippen LogP contribution in [0.2, 0.25) is 5.02 Å². The highest BCUT2D eigenvalue weighted by atomic mass is 35.5. The lowest BCUT2D eigenvalue weighted by Gasteiger charge is -2.09. The number of hydrogen-bond acceptors (Lipinski definition) is 5. The Morgan fingerprint density at radius 3 is 2.82 bits per heavy atom. The van der Waals surface area contributed by atoms with Crippen molar-refractivity contribution in [3.63, 3.8) is 0 Å². The van der Waals surface area contributed by atoms with E-state index in [1.807, 2.05) is 65.2 Å². The maximum Gasteiger partial charge on any atom is 0.234 e. The molecule has 0 atom stereocenters. The molecule has 0 saturated carbocycles. The zero-order chi connectivity index (χ0) is 22.8. The third kappa shape index (κ3) is 4.37. The molecule has 0 aliphatic rings. The van der Waals surface area contributed by atoms with Crippen molar-refractivity contribution < 1.29 is 9.21 Å². The number of carbonyl (C=O) groups excluding carboxylic acids is 1. The molecule has 1 amide bonds. The minimum absolute atomic E-state index is 0.121. The minimum Gasteiger partial charge on any atom is -0.453 e. The van der Waals surface area contributed by atoms with Gasteiger partial charge >= 0.3 is 0 Å². The number of thioether (sulfide) groups is 1. The van der Waals surface area contributed by atoms with Crippen LogP contribution < -0.4 is 5.32 Å². The number of furan rings is 1. The first-order valence-electron chi connectivity index (χ1n) is 10.3. The van der Waals surface area contributed by atoms with E-state index >= 15 is 0 Å². The molecule has 2 aromatic heterocycles. The summed E-state index contributed by atoms with van der Waals surface area (Å²) in [6.07, 6.45) is 1.76. The number of benzene rings is 3. The van der Waals surface area contributed by atoms with Gasteiger partial charge in [0.05, 0.1) is 5.75 Å². The molecule has 164 valence electrons. The van der Waals surface area contributed by atoms with E-state index in [0.717, 1.165) is 21.8 Å². The summed E-state index contributed by atoms with van der Waals surface area (Å²) in [7, 11) is 0. The minimum atomic E-state index is -0.121. The Bertz CT molecular complexity index is 1490. The number of nitrogens with one attached hydrogen (secondary N) is 1. The van der Waals surface area contributed by atoms with Gasteiger partial charge in [-0.05, 0) is 35.7 Å². The van der Waals surface area contributed by atoms with E-state index in [4.69, 9.17) is 16.0 Å². The molecule has 0 bridgehead atoms. The lowest BCUT2D eigenvalue weighted by Crippen LogP contribution is -2.15. The van der Waals surface area contributed by atoms with Gasteiger partial charge in [0.1, 0.15) is 5.58 Å². The maximum atomic E-state index is 12.7. The van der Waals surface area contributed by atoms with Gasteiger partial charge in [-0.1, -0.05) is 65.8 Å². The summed E-state index contributed by atoms with van der Waals surface area (Å²) in [5, 5.41) is 15.8. The first kappa shape index (κ1) is 21.3. The van der Waals surface area contributed by atoms with Crippen LogP contribution in [0.5, 0.6) is 0 Å². The number of carbonyl (C=O) groups is 1. The van der Waals surface area contributed by atoms with Crippen molar-refractivity contribution in [1.29, 1.82) is 0 Å². The number of nitrogens with zero attached hydrogens (tertiary/aromatic N) is 3. The summed E-state index contributed by atoms with van der Waals surface area (Å²) in [5.41, 5.74) is 1.50. The molecule has 1 N–H and O–H groups in total. The molecule has 5 aromatic rings. The van der Waals surface area contributed by atoms with Crippen LogP contribution in [0, 0.1) is 0 Å². The quantitative estimate of drug-likeness (QED) is 0.218. The number of rotatable bonds is 7. The fraction of sp³-hybridized carbons (Fsp3) is 0.0800. The lowest BCUT2D eigenvalue weighted by molar-refractivity contribution is -0.113. The van der Waals surface area contributed by atoms with Gasteiger partial charge in [0.25, 0.3) is 0 Å². The highest BCUT2D eigenvalue weighted by Crippen LogP contribution is 2.31. The van der Waals surface area contributed by atoms with Crippen molar-refractivity contribution >= 4 is 56.7 Å². The third-order valence-electron chi connectivity index (χ3n) is 5.12. The van der Waals surface area contributed by atoms with Crippen LogP contribution in [0.3, 0.4) is 0 Å². The van der Waals surface area contributed by atoms with Gasteiger partial charge in [-0.3, -0.25) is 9.36 Å². The standard InChI is InChI=1S/C25H19ClN4O2S/c1-2-12-30-24(22-14-17-13-18(26)10-11-21(17)32-22)28-29-25(30)33-15-23(31)27-20-9-5-7-16-6-3-4-8-19(16)20/h2-11,13-14H,1,12,15H2,(H,27,31). The molecule has 0 aliphatic heterocycles. The van der Waals surface area contributed by atoms with Crippen molar-refractivity contribution in [3.8, 4) is 11.6 Å². The zero-order valence-electron chi connectivity index (χ0n) is 17.5. The number of aromatic nitrogens is 3. The lowest BCUT2D eigenvalue weighted by atomic mass is 10.1. The van der Waals surface area contributed by atoms with Crippen LogP contribution in [0.15, 0.2) is 89.0 Å². The second kappa shape index (κ2) is 9.13. The number of amides is 1. The van der Waals surface area contributed by atoms with Crippen molar-refractivity contribution in [1.82, 2.24) is 14.8 Å². The molecule has 0 spiro atoms. The van der Waals surface area contributed by atoms with Gasteiger partial charge in [0.15, 0.2) is 10.9 Å². The number of allylic oxidation sites excluding steroid dienone is 1. The second-order valence-electron chi connectivity index (χ2n) is 7.36. The number of halogens is 1. The highest BCUT2D eigenvalue weighted by molar-refractivity contribution is 7.99. The summed E-state index contributed by atoms with van der Waals surface area (Å²) >= 11 is 7.40. The average Bonchev–Trinajstić information content (AvgIpc) is 3.41.